The van der Waals surface area contributed by atoms with Crippen LogP contribution in [0.25, 0.3) is 0 Å². The number of nitrogens with one attached hydrogen (secondary N) is 1. The van der Waals surface area contributed by atoms with Crippen LogP contribution in [0.2, 0.25) is 0 Å². The summed E-state index contributed by atoms with van der Waals surface area (Å²) >= 11 is 0. The molecule has 0 spiro atoms. The standard InChI is InChI=1S/C13H19NO3S/c1-18(15,16)13-6-3-11(4-7-13)2-5-12-10-14-8-9-17-12/h3-4,6-7,12,14H,2,5,8-10H2,1H3. The molecule has 0 saturated carbocycles. The van der Waals surface area contributed by atoms with Crippen molar-refractivity contribution >= 4 is 9.84 Å². The highest BCUT2D eigenvalue weighted by Crippen LogP contribution is 2.13. The third kappa shape index (κ3) is 3.80. The average Bonchev–Trinajstić information content (AvgIpc) is 2.37. The lowest BCUT2D eigenvalue weighted by molar-refractivity contribution is 0.0238. The van der Waals surface area contributed by atoms with Gasteiger partial charge in [-0.1, -0.05) is 12.1 Å². The minimum atomic E-state index is -3.09. The van der Waals surface area contributed by atoms with Crippen molar-refractivity contribution in [3.8, 4) is 0 Å². The zero-order valence-corrected chi connectivity index (χ0v) is 11.4. The average molecular weight is 269 g/mol. The molecule has 1 atom stereocenters. The molecule has 1 fully saturated rings. The molecule has 2 rings (SSSR count). The molecule has 100 valence electrons. The predicted molar refractivity (Wildman–Crippen MR) is 70.5 cm³/mol. The maximum Gasteiger partial charge on any atom is 0.175 e. The minimum absolute atomic E-state index is 0.272. The Hall–Kier alpha value is -0.910. The SMILES string of the molecule is CS(=O)(=O)c1ccc(CCC2CNCCO2)cc1. The van der Waals surface area contributed by atoms with E-state index in [1.54, 1.807) is 12.1 Å². The van der Waals surface area contributed by atoms with Crippen molar-refractivity contribution in [3.63, 3.8) is 0 Å². The van der Waals surface area contributed by atoms with Gasteiger partial charge in [-0.3, -0.25) is 0 Å². The van der Waals surface area contributed by atoms with Crippen molar-refractivity contribution in [3.05, 3.63) is 29.8 Å². The Labute approximate surface area is 108 Å². The van der Waals surface area contributed by atoms with Crippen LogP contribution in [0.15, 0.2) is 29.2 Å². The molecular weight excluding hydrogens is 250 g/mol. The first-order valence-corrected chi connectivity index (χ1v) is 8.06. The first-order chi connectivity index (χ1) is 8.55. The van der Waals surface area contributed by atoms with Crippen LogP contribution in [-0.2, 0) is 21.0 Å². The summed E-state index contributed by atoms with van der Waals surface area (Å²) in [5.74, 6) is 0. The fraction of sp³-hybridized carbons (Fsp3) is 0.538. The van der Waals surface area contributed by atoms with E-state index in [9.17, 15) is 8.42 Å². The molecule has 5 heteroatoms. The summed E-state index contributed by atoms with van der Waals surface area (Å²) in [5.41, 5.74) is 1.15. The highest BCUT2D eigenvalue weighted by molar-refractivity contribution is 7.90. The number of benzene rings is 1. The summed E-state index contributed by atoms with van der Waals surface area (Å²) in [4.78, 5) is 0.377. The zero-order valence-electron chi connectivity index (χ0n) is 10.6. The maximum absolute atomic E-state index is 11.3. The quantitative estimate of drug-likeness (QED) is 0.886. The molecule has 0 aromatic heterocycles. The fourth-order valence-electron chi connectivity index (χ4n) is 2.04. The molecule has 1 aromatic carbocycles. The van der Waals surface area contributed by atoms with Crippen LogP contribution in [0.4, 0.5) is 0 Å². The van der Waals surface area contributed by atoms with Gasteiger partial charge in [0.2, 0.25) is 0 Å². The van der Waals surface area contributed by atoms with Crippen LogP contribution in [-0.4, -0.2) is 40.5 Å². The molecule has 1 N–H and O–H groups in total. The van der Waals surface area contributed by atoms with E-state index in [-0.39, 0.29) is 6.10 Å². The number of ether oxygens (including phenoxy) is 1. The molecule has 18 heavy (non-hydrogen) atoms. The molecule has 0 bridgehead atoms. The van der Waals surface area contributed by atoms with Crippen LogP contribution >= 0.6 is 0 Å². The van der Waals surface area contributed by atoms with Gasteiger partial charge in [-0.25, -0.2) is 8.42 Å². The summed E-state index contributed by atoms with van der Waals surface area (Å²) in [6.07, 6.45) is 3.37. The van der Waals surface area contributed by atoms with Crippen molar-refractivity contribution in [2.24, 2.45) is 0 Å². The van der Waals surface area contributed by atoms with Gasteiger partial charge in [0.15, 0.2) is 9.84 Å². The van der Waals surface area contributed by atoms with Crippen molar-refractivity contribution in [1.29, 1.82) is 0 Å². The first-order valence-electron chi connectivity index (χ1n) is 6.17. The van der Waals surface area contributed by atoms with E-state index in [1.165, 1.54) is 6.26 Å². The van der Waals surface area contributed by atoms with Gasteiger partial charge >= 0.3 is 0 Å². The van der Waals surface area contributed by atoms with E-state index in [1.807, 2.05) is 12.1 Å². The van der Waals surface area contributed by atoms with Crippen molar-refractivity contribution in [2.45, 2.75) is 23.8 Å². The van der Waals surface area contributed by atoms with Crippen molar-refractivity contribution in [1.82, 2.24) is 5.32 Å². The smallest absolute Gasteiger partial charge is 0.175 e. The molecule has 1 aliphatic heterocycles. The van der Waals surface area contributed by atoms with Gasteiger partial charge in [0.1, 0.15) is 0 Å². The van der Waals surface area contributed by atoms with Gasteiger partial charge in [-0.2, -0.15) is 0 Å². The Bertz CT molecular complexity index is 475. The van der Waals surface area contributed by atoms with Gasteiger partial charge in [-0.15, -0.1) is 0 Å². The van der Waals surface area contributed by atoms with E-state index in [0.717, 1.165) is 38.1 Å². The van der Waals surface area contributed by atoms with E-state index < -0.39 is 9.84 Å². The monoisotopic (exact) mass is 269 g/mol. The lowest BCUT2D eigenvalue weighted by Crippen LogP contribution is -2.38. The second-order valence-electron chi connectivity index (χ2n) is 4.65. The Morgan fingerprint density at radius 1 is 1.33 bits per heavy atom. The molecule has 1 saturated heterocycles. The van der Waals surface area contributed by atoms with Crippen LogP contribution in [0.3, 0.4) is 0 Å². The Kier molecular flexibility index (Phi) is 4.37. The van der Waals surface area contributed by atoms with Crippen LogP contribution in [0, 0.1) is 0 Å². The topological polar surface area (TPSA) is 55.4 Å². The molecular formula is C13H19NO3S. The molecule has 0 radical (unpaired) electrons. The van der Waals surface area contributed by atoms with Gasteiger partial charge in [0.05, 0.1) is 17.6 Å². The Morgan fingerprint density at radius 3 is 2.61 bits per heavy atom. The summed E-state index contributed by atoms with van der Waals surface area (Å²) in [6.45, 7) is 2.61. The van der Waals surface area contributed by atoms with Crippen LogP contribution in [0.5, 0.6) is 0 Å². The molecule has 1 aliphatic rings. The number of morpholine rings is 1. The van der Waals surface area contributed by atoms with Gasteiger partial charge in [0, 0.05) is 19.3 Å². The third-order valence-electron chi connectivity index (χ3n) is 3.11. The molecule has 4 nitrogen and oxygen atoms in total. The summed E-state index contributed by atoms with van der Waals surface area (Å²) in [7, 11) is -3.09. The minimum Gasteiger partial charge on any atom is -0.376 e. The molecule has 0 aliphatic carbocycles. The predicted octanol–water partition coefficient (Wildman–Crippen LogP) is 1.01. The number of sulfone groups is 1. The van der Waals surface area contributed by atoms with E-state index in [4.69, 9.17) is 4.74 Å². The highest BCUT2D eigenvalue weighted by Gasteiger charge is 2.13. The van der Waals surface area contributed by atoms with E-state index >= 15 is 0 Å². The van der Waals surface area contributed by atoms with Crippen molar-refractivity contribution in [2.75, 3.05) is 26.0 Å². The zero-order chi connectivity index (χ0) is 13.0. The highest BCUT2D eigenvalue weighted by atomic mass is 32.2. The Balaban J connectivity index is 1.90. The lowest BCUT2D eigenvalue weighted by atomic mass is 10.1. The van der Waals surface area contributed by atoms with Crippen LogP contribution < -0.4 is 5.32 Å². The molecule has 1 heterocycles. The van der Waals surface area contributed by atoms with Crippen LogP contribution in [0.1, 0.15) is 12.0 Å². The Morgan fingerprint density at radius 2 is 2.06 bits per heavy atom. The number of hydrogen-bond donors (Lipinski definition) is 1. The maximum atomic E-state index is 11.3. The lowest BCUT2D eigenvalue weighted by Gasteiger charge is -2.23. The second kappa shape index (κ2) is 5.82. The van der Waals surface area contributed by atoms with E-state index in [0.29, 0.717) is 4.90 Å². The van der Waals surface area contributed by atoms with Crippen molar-refractivity contribution < 1.29 is 13.2 Å². The number of rotatable bonds is 4. The number of aryl methyl sites for hydroxylation is 1. The third-order valence-corrected chi connectivity index (χ3v) is 4.24. The normalized spacial score (nSPS) is 20.8. The second-order valence-corrected chi connectivity index (χ2v) is 6.67. The fourth-order valence-corrected chi connectivity index (χ4v) is 2.67. The number of hydrogen-bond acceptors (Lipinski definition) is 4. The van der Waals surface area contributed by atoms with E-state index in [2.05, 4.69) is 5.32 Å². The molecule has 1 aromatic rings. The first kappa shape index (κ1) is 13.5. The summed E-state index contributed by atoms with van der Waals surface area (Å²) in [6, 6.07) is 7.11. The van der Waals surface area contributed by atoms with Gasteiger partial charge < -0.3 is 10.1 Å². The largest absolute Gasteiger partial charge is 0.376 e. The molecule has 0 amide bonds. The molecule has 1 unspecified atom stereocenters. The van der Waals surface area contributed by atoms with Gasteiger partial charge in [0.25, 0.3) is 0 Å². The summed E-state index contributed by atoms with van der Waals surface area (Å²) < 4.78 is 28.3. The van der Waals surface area contributed by atoms with Gasteiger partial charge in [-0.05, 0) is 30.5 Å². The summed E-state index contributed by atoms with van der Waals surface area (Å²) in [5, 5.41) is 3.30.